The number of piperidine rings is 1. The van der Waals surface area contributed by atoms with E-state index in [1.54, 1.807) is 0 Å². The summed E-state index contributed by atoms with van der Waals surface area (Å²) in [6.07, 6.45) is 2.42. The SMILES string of the molecule is C=C(NC1CCN(C)CC1)c1ccc(C)cc1. The van der Waals surface area contributed by atoms with Gasteiger partial charge in [0, 0.05) is 11.7 Å². The normalized spacial score (nSPS) is 18.0. The van der Waals surface area contributed by atoms with Gasteiger partial charge >= 0.3 is 0 Å². The fourth-order valence-electron chi connectivity index (χ4n) is 2.24. The molecular weight excluding hydrogens is 208 g/mol. The summed E-state index contributed by atoms with van der Waals surface area (Å²) in [4.78, 5) is 2.38. The van der Waals surface area contributed by atoms with Crippen LogP contribution in [0.2, 0.25) is 0 Å². The van der Waals surface area contributed by atoms with Gasteiger partial charge in [-0.1, -0.05) is 36.4 Å². The summed E-state index contributed by atoms with van der Waals surface area (Å²) in [6.45, 7) is 8.61. The van der Waals surface area contributed by atoms with Crippen LogP contribution in [-0.2, 0) is 0 Å². The average molecular weight is 230 g/mol. The van der Waals surface area contributed by atoms with E-state index in [4.69, 9.17) is 0 Å². The van der Waals surface area contributed by atoms with Crippen molar-refractivity contribution < 1.29 is 0 Å². The fourth-order valence-corrected chi connectivity index (χ4v) is 2.24. The van der Waals surface area contributed by atoms with Gasteiger partial charge in [-0.2, -0.15) is 0 Å². The van der Waals surface area contributed by atoms with Crippen molar-refractivity contribution in [3.63, 3.8) is 0 Å². The summed E-state index contributed by atoms with van der Waals surface area (Å²) in [5.41, 5.74) is 3.55. The molecule has 0 atom stereocenters. The van der Waals surface area contributed by atoms with E-state index < -0.39 is 0 Å². The van der Waals surface area contributed by atoms with Gasteiger partial charge in [-0.15, -0.1) is 0 Å². The zero-order valence-corrected chi connectivity index (χ0v) is 10.9. The fraction of sp³-hybridized carbons (Fsp3) is 0.467. The molecule has 0 unspecified atom stereocenters. The second kappa shape index (κ2) is 5.37. The highest BCUT2D eigenvalue weighted by Gasteiger charge is 2.16. The number of aryl methyl sites for hydroxylation is 1. The van der Waals surface area contributed by atoms with E-state index in [1.165, 1.54) is 37.1 Å². The zero-order chi connectivity index (χ0) is 12.3. The van der Waals surface area contributed by atoms with E-state index in [9.17, 15) is 0 Å². The first kappa shape index (κ1) is 12.2. The molecule has 0 amide bonds. The Morgan fingerprint density at radius 3 is 2.41 bits per heavy atom. The summed E-state index contributed by atoms with van der Waals surface area (Å²) in [6, 6.07) is 9.13. The molecule has 2 heteroatoms. The molecule has 0 aromatic heterocycles. The van der Waals surface area contributed by atoms with Gasteiger partial charge in [-0.25, -0.2) is 0 Å². The van der Waals surface area contributed by atoms with Crippen LogP contribution < -0.4 is 5.32 Å². The average Bonchev–Trinajstić information content (AvgIpc) is 2.33. The van der Waals surface area contributed by atoms with Crippen LogP contribution in [0.15, 0.2) is 30.8 Å². The number of nitrogens with zero attached hydrogens (tertiary/aromatic N) is 1. The van der Waals surface area contributed by atoms with Crippen LogP contribution >= 0.6 is 0 Å². The van der Waals surface area contributed by atoms with Crippen LogP contribution in [0.5, 0.6) is 0 Å². The first-order valence-electron chi connectivity index (χ1n) is 6.36. The maximum atomic E-state index is 4.14. The molecule has 1 aromatic carbocycles. The van der Waals surface area contributed by atoms with Crippen LogP contribution in [-0.4, -0.2) is 31.1 Å². The predicted octanol–water partition coefficient (Wildman–Crippen LogP) is 2.65. The molecular formula is C15H22N2. The minimum atomic E-state index is 0.583. The number of hydrogen-bond acceptors (Lipinski definition) is 2. The molecule has 1 aromatic rings. The smallest absolute Gasteiger partial charge is 0.0342 e. The van der Waals surface area contributed by atoms with Crippen LogP contribution in [0.25, 0.3) is 5.70 Å². The molecule has 0 saturated carbocycles. The highest BCUT2D eigenvalue weighted by molar-refractivity contribution is 5.62. The van der Waals surface area contributed by atoms with Crippen molar-refractivity contribution in [1.29, 1.82) is 0 Å². The molecule has 1 heterocycles. The highest BCUT2D eigenvalue weighted by atomic mass is 15.1. The van der Waals surface area contributed by atoms with E-state index in [1.807, 2.05) is 0 Å². The Hall–Kier alpha value is -1.28. The van der Waals surface area contributed by atoms with Crippen LogP contribution in [0.1, 0.15) is 24.0 Å². The number of hydrogen-bond donors (Lipinski definition) is 1. The maximum absolute atomic E-state index is 4.14. The number of rotatable bonds is 3. The lowest BCUT2D eigenvalue weighted by atomic mass is 10.0. The van der Waals surface area contributed by atoms with Crippen LogP contribution in [0.3, 0.4) is 0 Å². The van der Waals surface area contributed by atoms with Gasteiger partial charge in [0.1, 0.15) is 0 Å². The molecule has 1 saturated heterocycles. The van der Waals surface area contributed by atoms with E-state index in [0.717, 1.165) is 5.70 Å². The van der Waals surface area contributed by atoms with Crippen molar-refractivity contribution in [2.24, 2.45) is 0 Å². The molecule has 92 valence electrons. The molecule has 0 aliphatic carbocycles. The quantitative estimate of drug-likeness (QED) is 0.859. The third kappa shape index (κ3) is 3.34. The largest absolute Gasteiger partial charge is 0.382 e. The molecule has 0 radical (unpaired) electrons. The molecule has 2 nitrogen and oxygen atoms in total. The molecule has 0 spiro atoms. The number of nitrogens with one attached hydrogen (secondary N) is 1. The van der Waals surface area contributed by atoms with Gasteiger partial charge in [0.2, 0.25) is 0 Å². The molecule has 2 rings (SSSR count). The second-order valence-corrected chi connectivity index (χ2v) is 5.07. The van der Waals surface area contributed by atoms with Gasteiger partial charge < -0.3 is 10.2 Å². The Kier molecular flexibility index (Phi) is 3.85. The third-order valence-electron chi connectivity index (χ3n) is 3.50. The molecule has 17 heavy (non-hydrogen) atoms. The van der Waals surface area contributed by atoms with Crippen molar-refractivity contribution in [2.45, 2.75) is 25.8 Å². The monoisotopic (exact) mass is 230 g/mol. The lowest BCUT2D eigenvalue weighted by Crippen LogP contribution is -2.39. The summed E-state index contributed by atoms with van der Waals surface area (Å²) < 4.78 is 0. The minimum Gasteiger partial charge on any atom is -0.382 e. The highest BCUT2D eigenvalue weighted by Crippen LogP contribution is 2.15. The first-order valence-corrected chi connectivity index (χ1v) is 6.36. The Morgan fingerprint density at radius 2 is 1.82 bits per heavy atom. The lowest BCUT2D eigenvalue weighted by molar-refractivity contribution is 0.245. The standard InChI is InChI=1S/C15H22N2/c1-12-4-6-14(7-5-12)13(2)16-15-8-10-17(3)11-9-15/h4-7,15-16H,2,8-11H2,1,3H3. The second-order valence-electron chi connectivity index (χ2n) is 5.07. The topological polar surface area (TPSA) is 15.3 Å². The van der Waals surface area contributed by atoms with Crippen molar-refractivity contribution in [2.75, 3.05) is 20.1 Å². The molecule has 1 aliphatic heterocycles. The Morgan fingerprint density at radius 1 is 1.24 bits per heavy atom. The molecule has 0 bridgehead atoms. The van der Waals surface area contributed by atoms with Crippen LogP contribution in [0.4, 0.5) is 0 Å². The third-order valence-corrected chi connectivity index (χ3v) is 3.50. The number of benzene rings is 1. The summed E-state index contributed by atoms with van der Waals surface area (Å²) in [5, 5.41) is 3.55. The lowest BCUT2D eigenvalue weighted by Gasteiger charge is -2.30. The van der Waals surface area contributed by atoms with Crippen molar-refractivity contribution >= 4 is 5.70 Å². The predicted molar refractivity (Wildman–Crippen MR) is 73.9 cm³/mol. The summed E-state index contributed by atoms with van der Waals surface area (Å²) >= 11 is 0. The van der Waals surface area contributed by atoms with Crippen molar-refractivity contribution in [3.8, 4) is 0 Å². The maximum Gasteiger partial charge on any atom is 0.0342 e. The first-order chi connectivity index (χ1) is 8.15. The van der Waals surface area contributed by atoms with Crippen molar-refractivity contribution in [1.82, 2.24) is 10.2 Å². The van der Waals surface area contributed by atoms with Gasteiger partial charge in [-0.3, -0.25) is 0 Å². The molecule has 1 aliphatic rings. The van der Waals surface area contributed by atoms with Crippen LogP contribution in [0, 0.1) is 6.92 Å². The van der Waals surface area contributed by atoms with E-state index in [2.05, 4.69) is 55.0 Å². The Balaban J connectivity index is 1.91. The number of likely N-dealkylation sites (tertiary alicyclic amines) is 1. The molecule has 1 N–H and O–H groups in total. The van der Waals surface area contributed by atoms with Gasteiger partial charge in [0.25, 0.3) is 0 Å². The van der Waals surface area contributed by atoms with E-state index >= 15 is 0 Å². The summed E-state index contributed by atoms with van der Waals surface area (Å²) in [7, 11) is 2.19. The Bertz CT molecular complexity index is 372. The summed E-state index contributed by atoms with van der Waals surface area (Å²) in [5.74, 6) is 0. The molecule has 1 fully saturated rings. The minimum absolute atomic E-state index is 0.583. The van der Waals surface area contributed by atoms with Gasteiger partial charge in [0.05, 0.1) is 0 Å². The van der Waals surface area contributed by atoms with Gasteiger partial charge in [-0.05, 0) is 45.5 Å². The zero-order valence-electron chi connectivity index (χ0n) is 10.9. The Labute approximate surface area is 104 Å². The van der Waals surface area contributed by atoms with Crippen molar-refractivity contribution in [3.05, 3.63) is 42.0 Å². The van der Waals surface area contributed by atoms with Gasteiger partial charge in [0.15, 0.2) is 0 Å². The van der Waals surface area contributed by atoms with E-state index in [0.29, 0.717) is 6.04 Å². The van der Waals surface area contributed by atoms with E-state index in [-0.39, 0.29) is 0 Å².